The van der Waals surface area contributed by atoms with Crippen molar-refractivity contribution in [3.05, 3.63) is 65.0 Å². The lowest BCUT2D eigenvalue weighted by atomic mass is 9.87. The highest BCUT2D eigenvalue weighted by Gasteiger charge is 2.39. The Morgan fingerprint density at radius 1 is 1.19 bits per heavy atom. The first-order valence-electron chi connectivity index (χ1n) is 11.5. The Kier molecular flexibility index (Phi) is 6.49. The summed E-state index contributed by atoms with van der Waals surface area (Å²) in [6, 6.07) is 11.9. The summed E-state index contributed by atoms with van der Waals surface area (Å²) >= 11 is 0. The van der Waals surface area contributed by atoms with E-state index in [0.29, 0.717) is 18.7 Å². The molecule has 2 aromatic carbocycles. The molecule has 6 heteroatoms. The van der Waals surface area contributed by atoms with Crippen LogP contribution in [0.1, 0.15) is 62.8 Å². The predicted molar refractivity (Wildman–Crippen MR) is 121 cm³/mol. The van der Waals surface area contributed by atoms with Crippen LogP contribution in [-0.2, 0) is 16.0 Å². The summed E-state index contributed by atoms with van der Waals surface area (Å²) in [4.78, 5) is 27.5. The molecular formula is C26H31FN2O3. The number of carbonyl (C=O) groups is 2. The van der Waals surface area contributed by atoms with Crippen LogP contribution in [0.15, 0.2) is 42.5 Å². The quantitative estimate of drug-likeness (QED) is 0.698. The van der Waals surface area contributed by atoms with Crippen LogP contribution >= 0.6 is 0 Å². The third-order valence-electron chi connectivity index (χ3n) is 6.09. The summed E-state index contributed by atoms with van der Waals surface area (Å²) in [5.74, 6) is 0.330. The van der Waals surface area contributed by atoms with E-state index in [0.717, 1.165) is 36.0 Å². The van der Waals surface area contributed by atoms with Crippen molar-refractivity contribution in [3.8, 4) is 5.75 Å². The number of hydrogen-bond acceptors (Lipinski definition) is 3. The van der Waals surface area contributed by atoms with Gasteiger partial charge in [-0.1, -0.05) is 25.1 Å². The highest BCUT2D eigenvalue weighted by Crippen LogP contribution is 2.41. The van der Waals surface area contributed by atoms with E-state index in [1.165, 1.54) is 12.1 Å². The molecule has 32 heavy (non-hydrogen) atoms. The summed E-state index contributed by atoms with van der Waals surface area (Å²) in [7, 11) is 0. The molecule has 1 aliphatic heterocycles. The van der Waals surface area contributed by atoms with Crippen molar-refractivity contribution in [2.24, 2.45) is 5.92 Å². The fourth-order valence-electron chi connectivity index (χ4n) is 4.37. The maximum atomic E-state index is 14.1. The molecule has 1 aliphatic carbocycles. The van der Waals surface area contributed by atoms with Crippen molar-refractivity contribution < 1.29 is 18.7 Å². The second-order valence-electron chi connectivity index (χ2n) is 9.05. The summed E-state index contributed by atoms with van der Waals surface area (Å²) in [6.07, 6.45) is 2.52. The van der Waals surface area contributed by atoms with Gasteiger partial charge in [-0.2, -0.15) is 0 Å². The number of nitrogens with one attached hydrogen (secondary N) is 1. The topological polar surface area (TPSA) is 58.6 Å². The van der Waals surface area contributed by atoms with Crippen LogP contribution in [-0.4, -0.2) is 35.4 Å². The Morgan fingerprint density at radius 3 is 2.62 bits per heavy atom. The van der Waals surface area contributed by atoms with E-state index >= 15 is 0 Å². The number of benzene rings is 2. The van der Waals surface area contributed by atoms with Crippen molar-refractivity contribution in [2.75, 3.05) is 6.54 Å². The second-order valence-corrected chi connectivity index (χ2v) is 9.05. The van der Waals surface area contributed by atoms with Crippen molar-refractivity contribution in [3.63, 3.8) is 0 Å². The van der Waals surface area contributed by atoms with Crippen LogP contribution < -0.4 is 10.1 Å². The van der Waals surface area contributed by atoms with E-state index in [-0.39, 0.29) is 35.6 Å². The SMILES string of the molecule is CC[C@H](Oc1ccc2c(c1)[C@@H](c1cccc(F)c1)N(C(=O)C1CC1)CC2)C(=O)NC(C)C. The Bertz CT molecular complexity index is 1000. The Balaban J connectivity index is 1.68. The van der Waals surface area contributed by atoms with Crippen molar-refractivity contribution in [1.29, 1.82) is 0 Å². The highest BCUT2D eigenvalue weighted by molar-refractivity contribution is 5.82. The van der Waals surface area contributed by atoms with Gasteiger partial charge < -0.3 is 15.0 Å². The largest absolute Gasteiger partial charge is 0.481 e. The van der Waals surface area contributed by atoms with Crippen molar-refractivity contribution in [2.45, 2.75) is 64.6 Å². The zero-order valence-corrected chi connectivity index (χ0v) is 18.9. The molecule has 2 aliphatic rings. The van der Waals surface area contributed by atoms with E-state index in [1.54, 1.807) is 6.07 Å². The number of ether oxygens (including phenoxy) is 1. The summed E-state index contributed by atoms with van der Waals surface area (Å²) in [5, 5.41) is 2.90. The third-order valence-corrected chi connectivity index (χ3v) is 6.09. The minimum absolute atomic E-state index is 0.0306. The van der Waals surface area contributed by atoms with Gasteiger partial charge in [-0.25, -0.2) is 4.39 Å². The van der Waals surface area contributed by atoms with E-state index in [1.807, 2.05) is 49.9 Å². The molecular weight excluding hydrogens is 407 g/mol. The third kappa shape index (κ3) is 4.79. The first-order chi connectivity index (χ1) is 15.4. The number of fused-ring (bicyclic) bond motifs is 1. The van der Waals surface area contributed by atoms with Gasteiger partial charge in [0.25, 0.3) is 5.91 Å². The zero-order valence-electron chi connectivity index (χ0n) is 18.9. The molecule has 0 radical (unpaired) electrons. The monoisotopic (exact) mass is 438 g/mol. The average molecular weight is 439 g/mol. The lowest BCUT2D eigenvalue weighted by Gasteiger charge is -2.38. The van der Waals surface area contributed by atoms with Gasteiger partial charge in [-0.3, -0.25) is 9.59 Å². The molecule has 0 saturated heterocycles. The predicted octanol–water partition coefficient (Wildman–Crippen LogP) is 4.39. The molecule has 2 aromatic rings. The second kappa shape index (κ2) is 9.31. The minimum Gasteiger partial charge on any atom is -0.481 e. The molecule has 1 saturated carbocycles. The standard InChI is InChI=1S/C26H31FN2O3/c1-4-23(25(30)28-16(2)3)32-21-11-10-17-12-13-29(26(31)18-8-9-18)24(22(17)15-21)19-6-5-7-20(27)14-19/h5-7,10-11,14-16,18,23-24H,4,8-9,12-13H2,1-3H3,(H,28,30)/t23-,24+/m0/s1. The van der Waals surface area contributed by atoms with Crippen LogP contribution in [0.25, 0.3) is 0 Å². The normalized spacial score (nSPS) is 18.8. The number of nitrogens with zero attached hydrogens (tertiary/aromatic N) is 1. The lowest BCUT2D eigenvalue weighted by molar-refractivity contribution is -0.134. The summed E-state index contributed by atoms with van der Waals surface area (Å²) in [5.41, 5.74) is 2.81. The first-order valence-corrected chi connectivity index (χ1v) is 11.5. The Hall–Kier alpha value is -2.89. The van der Waals surface area contributed by atoms with Crippen LogP contribution in [0.4, 0.5) is 4.39 Å². The number of amides is 2. The molecule has 5 nitrogen and oxygen atoms in total. The van der Waals surface area contributed by atoms with E-state index < -0.39 is 6.10 Å². The van der Waals surface area contributed by atoms with Crippen LogP contribution in [0.5, 0.6) is 5.75 Å². The maximum Gasteiger partial charge on any atom is 0.261 e. The van der Waals surface area contributed by atoms with Gasteiger partial charge in [0.05, 0.1) is 6.04 Å². The summed E-state index contributed by atoms with van der Waals surface area (Å²) < 4.78 is 20.2. The molecule has 0 unspecified atom stereocenters. The van der Waals surface area contributed by atoms with Crippen LogP contribution in [0.3, 0.4) is 0 Å². The van der Waals surface area contributed by atoms with Gasteiger partial charge in [0.1, 0.15) is 11.6 Å². The number of rotatable bonds is 7. The molecule has 4 rings (SSSR count). The molecule has 1 heterocycles. The number of halogens is 1. The van der Waals surface area contributed by atoms with Gasteiger partial charge in [0.2, 0.25) is 5.91 Å². The highest BCUT2D eigenvalue weighted by atomic mass is 19.1. The van der Waals surface area contributed by atoms with E-state index in [4.69, 9.17) is 4.74 Å². The summed E-state index contributed by atoms with van der Waals surface area (Å²) in [6.45, 7) is 6.35. The lowest BCUT2D eigenvalue weighted by Crippen LogP contribution is -2.42. The zero-order chi connectivity index (χ0) is 22.8. The molecule has 1 N–H and O–H groups in total. The van der Waals surface area contributed by atoms with Gasteiger partial charge in [-0.15, -0.1) is 0 Å². The van der Waals surface area contributed by atoms with Gasteiger partial charge in [0, 0.05) is 18.5 Å². The fraction of sp³-hybridized carbons (Fsp3) is 0.462. The van der Waals surface area contributed by atoms with Crippen molar-refractivity contribution >= 4 is 11.8 Å². The smallest absolute Gasteiger partial charge is 0.261 e. The van der Waals surface area contributed by atoms with Crippen LogP contribution in [0, 0.1) is 11.7 Å². The minimum atomic E-state index is -0.601. The average Bonchev–Trinajstić information content (AvgIpc) is 3.61. The van der Waals surface area contributed by atoms with E-state index in [2.05, 4.69) is 5.32 Å². The molecule has 2 amide bonds. The Labute approximate surface area is 188 Å². The molecule has 170 valence electrons. The molecule has 1 fully saturated rings. The molecule has 0 bridgehead atoms. The van der Waals surface area contributed by atoms with E-state index in [9.17, 15) is 14.0 Å². The molecule has 0 aromatic heterocycles. The van der Waals surface area contributed by atoms with Crippen LogP contribution in [0.2, 0.25) is 0 Å². The number of hydrogen-bond donors (Lipinski definition) is 1. The fourth-order valence-corrected chi connectivity index (χ4v) is 4.37. The van der Waals surface area contributed by atoms with Gasteiger partial charge >= 0.3 is 0 Å². The van der Waals surface area contributed by atoms with Gasteiger partial charge in [-0.05, 0) is 80.5 Å². The first kappa shape index (κ1) is 22.3. The number of carbonyl (C=O) groups excluding carboxylic acids is 2. The van der Waals surface area contributed by atoms with Gasteiger partial charge in [0.15, 0.2) is 6.10 Å². The Morgan fingerprint density at radius 2 is 1.97 bits per heavy atom. The van der Waals surface area contributed by atoms with Crippen molar-refractivity contribution in [1.82, 2.24) is 10.2 Å². The molecule has 2 atom stereocenters. The maximum absolute atomic E-state index is 14.1. The molecule has 0 spiro atoms.